The van der Waals surface area contributed by atoms with Crippen LogP contribution in [0.1, 0.15) is 37.3 Å². The van der Waals surface area contributed by atoms with Crippen molar-refractivity contribution in [3.8, 4) is 6.01 Å². The number of nitrogens with zero attached hydrogens (tertiary/aromatic N) is 7. The number of fused-ring (bicyclic) bond motifs is 1. The van der Waals surface area contributed by atoms with Crippen LogP contribution >= 0.6 is 0 Å². The van der Waals surface area contributed by atoms with Gasteiger partial charge in [-0.3, -0.25) is 14.3 Å². The molecule has 2 aliphatic heterocycles. The highest BCUT2D eigenvalue weighted by Gasteiger charge is 2.32. The van der Waals surface area contributed by atoms with E-state index >= 15 is 0 Å². The van der Waals surface area contributed by atoms with Gasteiger partial charge < -0.3 is 15.4 Å². The number of imidazole rings is 1. The molecule has 3 aromatic rings. The quantitative estimate of drug-likeness (QED) is 0.627. The third-order valence-corrected chi connectivity index (χ3v) is 6.81. The Hall–Kier alpha value is -3.27. The Kier molecular flexibility index (Phi) is 6.08. The number of ether oxygens (including phenoxy) is 1. The van der Waals surface area contributed by atoms with Gasteiger partial charge in [0.05, 0.1) is 7.11 Å². The summed E-state index contributed by atoms with van der Waals surface area (Å²) >= 11 is 0. The number of carbonyl (C=O) groups is 1. The number of likely N-dealkylation sites (tertiary alicyclic amines) is 2. The average molecular weight is 451 g/mol. The summed E-state index contributed by atoms with van der Waals surface area (Å²) in [5.74, 6) is 0.693. The minimum Gasteiger partial charge on any atom is -0.468 e. The smallest absolute Gasteiger partial charge is 0.298 e. The molecule has 0 saturated carbocycles. The summed E-state index contributed by atoms with van der Waals surface area (Å²) < 4.78 is 7.62. The third kappa shape index (κ3) is 4.47. The van der Waals surface area contributed by atoms with Gasteiger partial charge in [-0.2, -0.15) is 4.98 Å². The van der Waals surface area contributed by atoms with Crippen molar-refractivity contribution in [1.82, 2.24) is 34.3 Å². The highest BCUT2D eigenvalue weighted by atomic mass is 16.5. The summed E-state index contributed by atoms with van der Waals surface area (Å²) in [6, 6.07) is 4.65. The molecule has 2 saturated heterocycles. The van der Waals surface area contributed by atoms with Crippen molar-refractivity contribution in [2.24, 2.45) is 5.92 Å². The first kappa shape index (κ1) is 21.6. The predicted molar refractivity (Wildman–Crippen MR) is 123 cm³/mol. The molecule has 2 fully saturated rings. The Morgan fingerprint density at radius 1 is 1.09 bits per heavy atom. The highest BCUT2D eigenvalue weighted by Crippen LogP contribution is 2.32. The van der Waals surface area contributed by atoms with Gasteiger partial charge in [0, 0.05) is 55.7 Å². The molecule has 33 heavy (non-hydrogen) atoms. The number of nitrogens with two attached hydrogens (primary N) is 1. The first-order valence-corrected chi connectivity index (χ1v) is 11.6. The molecule has 2 aliphatic rings. The fourth-order valence-corrected chi connectivity index (χ4v) is 5.03. The molecule has 0 bridgehead atoms. The van der Waals surface area contributed by atoms with Crippen molar-refractivity contribution in [2.75, 3.05) is 39.0 Å². The summed E-state index contributed by atoms with van der Waals surface area (Å²) in [5.41, 5.74) is 8.30. The van der Waals surface area contributed by atoms with E-state index in [0.717, 1.165) is 75.1 Å². The van der Waals surface area contributed by atoms with Gasteiger partial charge in [0.25, 0.3) is 6.01 Å². The van der Waals surface area contributed by atoms with Crippen LogP contribution in [0, 0.1) is 5.92 Å². The first-order valence-electron chi connectivity index (χ1n) is 11.6. The second kappa shape index (κ2) is 9.30. The average Bonchev–Trinajstić information content (AvgIpc) is 3.24. The van der Waals surface area contributed by atoms with Crippen molar-refractivity contribution in [2.45, 2.75) is 38.3 Å². The van der Waals surface area contributed by atoms with Crippen LogP contribution in [0.2, 0.25) is 0 Å². The zero-order valence-corrected chi connectivity index (χ0v) is 18.9. The SMILES string of the molecule is COc1nc2cccnc2n1C1CCN(C(=O)C2CCN(Cc3cnc(N)nc3)CC2)CC1. The number of methoxy groups -OCH3 is 1. The zero-order valence-electron chi connectivity index (χ0n) is 18.9. The topological polar surface area (TPSA) is 115 Å². The molecule has 1 amide bonds. The monoisotopic (exact) mass is 450 g/mol. The molecule has 10 heteroatoms. The van der Waals surface area contributed by atoms with Gasteiger partial charge >= 0.3 is 0 Å². The van der Waals surface area contributed by atoms with Crippen LogP contribution in [-0.4, -0.2) is 73.5 Å². The predicted octanol–water partition coefficient (Wildman–Crippen LogP) is 1.89. The van der Waals surface area contributed by atoms with Crippen molar-refractivity contribution in [3.63, 3.8) is 0 Å². The fourth-order valence-electron chi connectivity index (χ4n) is 5.03. The minimum absolute atomic E-state index is 0.103. The van der Waals surface area contributed by atoms with Crippen LogP contribution in [0.5, 0.6) is 6.01 Å². The molecule has 0 aliphatic carbocycles. The summed E-state index contributed by atoms with van der Waals surface area (Å²) in [6.45, 7) is 4.11. The Bertz CT molecular complexity index is 1100. The summed E-state index contributed by atoms with van der Waals surface area (Å²) in [7, 11) is 1.64. The van der Waals surface area contributed by atoms with Crippen LogP contribution in [0.4, 0.5) is 5.95 Å². The second-order valence-electron chi connectivity index (χ2n) is 8.87. The van der Waals surface area contributed by atoms with E-state index in [2.05, 4.69) is 29.4 Å². The first-order chi connectivity index (χ1) is 16.1. The van der Waals surface area contributed by atoms with Crippen molar-refractivity contribution in [3.05, 3.63) is 36.3 Å². The van der Waals surface area contributed by atoms with E-state index in [0.29, 0.717) is 17.9 Å². The summed E-state index contributed by atoms with van der Waals surface area (Å²) in [6.07, 6.45) is 8.86. The maximum atomic E-state index is 13.2. The molecule has 174 valence electrons. The van der Waals surface area contributed by atoms with Crippen molar-refractivity contribution in [1.29, 1.82) is 0 Å². The van der Waals surface area contributed by atoms with E-state index in [-0.39, 0.29) is 12.0 Å². The van der Waals surface area contributed by atoms with E-state index in [1.54, 1.807) is 25.7 Å². The third-order valence-electron chi connectivity index (χ3n) is 6.81. The molecule has 10 nitrogen and oxygen atoms in total. The molecule has 2 N–H and O–H groups in total. The molecule has 0 aromatic carbocycles. The standard InChI is InChI=1S/C23H30N8O2/c1-33-23-28-19-3-2-8-25-20(19)31(23)18-6-11-30(12-7-18)21(32)17-4-9-29(10-5-17)15-16-13-26-22(24)27-14-16/h2-3,8,13-14,17-18H,4-7,9-12,15H2,1H3,(H2,24,26,27). The lowest BCUT2D eigenvalue weighted by atomic mass is 9.93. The normalized spacial score (nSPS) is 18.6. The lowest BCUT2D eigenvalue weighted by molar-refractivity contribution is -0.138. The second-order valence-corrected chi connectivity index (χ2v) is 8.87. The molecule has 3 aromatic heterocycles. The maximum absolute atomic E-state index is 13.2. The van der Waals surface area contributed by atoms with Gasteiger partial charge in [-0.25, -0.2) is 15.0 Å². The molecular weight excluding hydrogens is 420 g/mol. The molecule has 0 spiro atoms. The van der Waals surface area contributed by atoms with Crippen LogP contribution in [0.25, 0.3) is 11.2 Å². The number of amides is 1. The van der Waals surface area contributed by atoms with Gasteiger partial charge in [-0.05, 0) is 50.9 Å². The van der Waals surface area contributed by atoms with Gasteiger partial charge in [-0.1, -0.05) is 0 Å². The van der Waals surface area contributed by atoms with E-state index in [1.807, 2.05) is 17.0 Å². The number of hydrogen-bond acceptors (Lipinski definition) is 8. The van der Waals surface area contributed by atoms with Crippen LogP contribution in [0.3, 0.4) is 0 Å². The van der Waals surface area contributed by atoms with Gasteiger partial charge in [0.15, 0.2) is 5.65 Å². The Morgan fingerprint density at radius 2 is 1.82 bits per heavy atom. The number of pyridine rings is 1. The number of hydrogen-bond donors (Lipinski definition) is 1. The number of rotatable bonds is 5. The Balaban J connectivity index is 1.15. The van der Waals surface area contributed by atoms with Gasteiger partial charge in [-0.15, -0.1) is 0 Å². The molecule has 0 atom stereocenters. The highest BCUT2D eigenvalue weighted by molar-refractivity contribution is 5.79. The maximum Gasteiger partial charge on any atom is 0.298 e. The molecular formula is C23H30N8O2. The van der Waals surface area contributed by atoms with Crippen LogP contribution in [0.15, 0.2) is 30.7 Å². The number of aromatic nitrogens is 5. The van der Waals surface area contributed by atoms with E-state index in [9.17, 15) is 4.79 Å². The Morgan fingerprint density at radius 3 is 2.52 bits per heavy atom. The van der Waals surface area contributed by atoms with E-state index < -0.39 is 0 Å². The fraction of sp³-hybridized carbons (Fsp3) is 0.522. The zero-order chi connectivity index (χ0) is 22.8. The summed E-state index contributed by atoms with van der Waals surface area (Å²) in [4.78, 5) is 34.8. The van der Waals surface area contributed by atoms with Gasteiger partial charge in [0.1, 0.15) is 5.52 Å². The minimum atomic E-state index is 0.103. The number of anilines is 1. The largest absolute Gasteiger partial charge is 0.468 e. The van der Waals surface area contributed by atoms with E-state index in [1.165, 1.54) is 0 Å². The van der Waals surface area contributed by atoms with Crippen molar-refractivity contribution < 1.29 is 9.53 Å². The molecule has 0 unspecified atom stereocenters. The Labute approximate surface area is 192 Å². The molecule has 5 rings (SSSR count). The van der Waals surface area contributed by atoms with E-state index in [4.69, 9.17) is 10.5 Å². The lowest BCUT2D eigenvalue weighted by Crippen LogP contribution is -2.45. The number of nitrogen functional groups attached to an aromatic ring is 1. The summed E-state index contributed by atoms with van der Waals surface area (Å²) in [5, 5.41) is 0. The number of piperidine rings is 2. The molecule has 0 radical (unpaired) electrons. The number of carbonyl (C=O) groups excluding carboxylic acids is 1. The van der Waals surface area contributed by atoms with Crippen LogP contribution in [-0.2, 0) is 11.3 Å². The molecule has 5 heterocycles. The van der Waals surface area contributed by atoms with Gasteiger partial charge in [0.2, 0.25) is 11.9 Å². The van der Waals surface area contributed by atoms with Crippen LogP contribution < -0.4 is 10.5 Å². The lowest BCUT2D eigenvalue weighted by Gasteiger charge is -2.37. The van der Waals surface area contributed by atoms with Crippen molar-refractivity contribution >= 4 is 23.0 Å².